The largest absolute Gasteiger partial charge is 0.497 e. The lowest BCUT2D eigenvalue weighted by molar-refractivity contribution is 0.0925. The molecular weight excluding hydrogens is 358 g/mol. The van der Waals surface area contributed by atoms with Crippen molar-refractivity contribution in [2.75, 3.05) is 13.7 Å². The number of hydrogen-bond donors (Lipinski definition) is 1. The Morgan fingerprint density at radius 1 is 1.24 bits per heavy atom. The molecule has 21 heavy (non-hydrogen) atoms. The number of thiophene rings is 1. The summed E-state index contributed by atoms with van der Waals surface area (Å²) in [5.41, 5.74) is 5.50. The van der Waals surface area contributed by atoms with Gasteiger partial charge in [-0.05, 0) is 40.2 Å². The number of primary amides is 1. The second-order valence-electron chi connectivity index (χ2n) is 4.08. The number of amides is 1. The average Bonchev–Trinajstić information content (AvgIpc) is 2.91. The van der Waals surface area contributed by atoms with Crippen LogP contribution in [0.4, 0.5) is 0 Å². The Bertz CT molecular complexity index is 683. The van der Waals surface area contributed by atoms with Crippen LogP contribution in [0.15, 0.2) is 34.1 Å². The molecule has 0 atom stereocenters. The summed E-state index contributed by atoms with van der Waals surface area (Å²) in [7, 11) is 1.47. The van der Waals surface area contributed by atoms with E-state index in [-0.39, 0.29) is 18.0 Å². The van der Waals surface area contributed by atoms with Crippen LogP contribution >= 0.6 is 27.3 Å². The topological polar surface area (TPSA) is 78.6 Å². The smallest absolute Gasteiger partial charge is 0.248 e. The maximum Gasteiger partial charge on any atom is 0.248 e. The van der Waals surface area contributed by atoms with Crippen molar-refractivity contribution >= 4 is 39.0 Å². The normalized spacial score (nSPS) is 10.2. The van der Waals surface area contributed by atoms with Crippen molar-refractivity contribution in [3.8, 4) is 11.5 Å². The third-order valence-electron chi connectivity index (χ3n) is 2.62. The van der Waals surface area contributed by atoms with Crippen LogP contribution in [0, 0.1) is 0 Å². The maximum atomic E-state index is 11.9. The molecule has 0 aliphatic heterocycles. The van der Waals surface area contributed by atoms with Crippen molar-refractivity contribution in [1.29, 1.82) is 0 Å². The minimum atomic E-state index is -0.590. The molecule has 1 aromatic heterocycles. The Morgan fingerprint density at radius 3 is 2.52 bits per heavy atom. The zero-order valence-electron chi connectivity index (χ0n) is 11.1. The third kappa shape index (κ3) is 4.05. The molecule has 0 aliphatic carbocycles. The highest BCUT2D eigenvalue weighted by Crippen LogP contribution is 2.24. The highest BCUT2D eigenvalue weighted by Gasteiger charge is 2.11. The van der Waals surface area contributed by atoms with Crippen LogP contribution in [0.5, 0.6) is 11.5 Å². The molecule has 5 nitrogen and oxygen atoms in total. The number of nitrogens with two attached hydrogens (primary N) is 1. The van der Waals surface area contributed by atoms with Gasteiger partial charge in [-0.3, -0.25) is 9.59 Å². The molecule has 1 heterocycles. The molecular formula is C14H12BrNO4S. The Kier molecular flexibility index (Phi) is 4.98. The number of halogens is 1. The minimum Gasteiger partial charge on any atom is -0.497 e. The first-order chi connectivity index (χ1) is 9.99. The molecule has 0 radical (unpaired) electrons. The van der Waals surface area contributed by atoms with Crippen molar-refractivity contribution in [2.24, 2.45) is 5.73 Å². The first-order valence-corrected chi connectivity index (χ1v) is 7.51. The van der Waals surface area contributed by atoms with Crippen molar-refractivity contribution in [1.82, 2.24) is 0 Å². The Morgan fingerprint density at radius 2 is 1.95 bits per heavy atom. The molecule has 1 aromatic carbocycles. The van der Waals surface area contributed by atoms with E-state index in [1.54, 1.807) is 18.2 Å². The average molecular weight is 370 g/mol. The molecule has 0 aliphatic rings. The van der Waals surface area contributed by atoms with Gasteiger partial charge in [0.05, 0.1) is 15.8 Å². The van der Waals surface area contributed by atoms with E-state index in [9.17, 15) is 9.59 Å². The Hall–Kier alpha value is -1.86. The van der Waals surface area contributed by atoms with E-state index in [0.29, 0.717) is 16.4 Å². The van der Waals surface area contributed by atoms with Gasteiger partial charge in [-0.25, -0.2) is 0 Å². The van der Waals surface area contributed by atoms with Crippen molar-refractivity contribution in [3.63, 3.8) is 0 Å². The highest BCUT2D eigenvalue weighted by atomic mass is 79.9. The van der Waals surface area contributed by atoms with Crippen LogP contribution in [-0.4, -0.2) is 25.4 Å². The summed E-state index contributed by atoms with van der Waals surface area (Å²) in [5, 5.41) is 0. The number of rotatable bonds is 6. The zero-order chi connectivity index (χ0) is 15.4. The first kappa shape index (κ1) is 15.5. The van der Waals surface area contributed by atoms with Gasteiger partial charge >= 0.3 is 0 Å². The summed E-state index contributed by atoms with van der Waals surface area (Å²) in [6.07, 6.45) is 0. The predicted octanol–water partition coefficient (Wildman–Crippen LogP) is 2.88. The molecule has 2 rings (SSSR count). The van der Waals surface area contributed by atoms with Gasteiger partial charge in [0.2, 0.25) is 11.7 Å². The van der Waals surface area contributed by atoms with Crippen LogP contribution in [0.2, 0.25) is 0 Å². The SMILES string of the molecule is COc1cc(OCC(=O)c2ccc(Br)s2)cc(C(N)=O)c1. The molecule has 0 bridgehead atoms. The number of methoxy groups -OCH3 is 1. The van der Waals surface area contributed by atoms with Crippen LogP contribution in [0.3, 0.4) is 0 Å². The van der Waals surface area contributed by atoms with Crippen LogP contribution in [0.25, 0.3) is 0 Å². The molecule has 0 saturated heterocycles. The second-order valence-corrected chi connectivity index (χ2v) is 6.54. The number of benzene rings is 1. The van der Waals surface area contributed by atoms with Gasteiger partial charge in [-0.1, -0.05) is 0 Å². The van der Waals surface area contributed by atoms with Crippen LogP contribution in [0.1, 0.15) is 20.0 Å². The van der Waals surface area contributed by atoms with E-state index in [1.165, 1.54) is 30.6 Å². The Labute approximate surface area is 133 Å². The van der Waals surface area contributed by atoms with Crippen LogP contribution < -0.4 is 15.2 Å². The van der Waals surface area contributed by atoms with E-state index < -0.39 is 5.91 Å². The predicted molar refractivity (Wildman–Crippen MR) is 83.4 cm³/mol. The molecule has 7 heteroatoms. The number of ether oxygens (including phenoxy) is 2. The fraction of sp³-hybridized carbons (Fsp3) is 0.143. The number of carbonyl (C=O) groups is 2. The number of carbonyl (C=O) groups excluding carboxylic acids is 2. The first-order valence-electron chi connectivity index (χ1n) is 5.90. The van der Waals surface area contributed by atoms with E-state index in [2.05, 4.69) is 15.9 Å². The standard InChI is InChI=1S/C14H12BrNO4S/c1-19-9-4-8(14(16)18)5-10(6-9)20-7-11(17)12-2-3-13(15)21-12/h2-6H,7H2,1H3,(H2,16,18). The van der Waals surface area contributed by atoms with E-state index in [0.717, 1.165) is 3.79 Å². The lowest BCUT2D eigenvalue weighted by Gasteiger charge is -2.08. The van der Waals surface area contributed by atoms with Gasteiger partial charge in [0, 0.05) is 11.6 Å². The molecule has 0 spiro atoms. The van der Waals surface area contributed by atoms with Gasteiger partial charge in [-0.2, -0.15) is 0 Å². The molecule has 2 N–H and O–H groups in total. The van der Waals surface area contributed by atoms with E-state index >= 15 is 0 Å². The van der Waals surface area contributed by atoms with Crippen molar-refractivity contribution in [2.45, 2.75) is 0 Å². The van der Waals surface area contributed by atoms with Gasteiger partial charge in [0.15, 0.2) is 6.61 Å². The fourth-order valence-electron chi connectivity index (χ4n) is 1.60. The van der Waals surface area contributed by atoms with Gasteiger partial charge < -0.3 is 15.2 Å². The molecule has 1 amide bonds. The fourth-order valence-corrected chi connectivity index (χ4v) is 2.91. The van der Waals surface area contributed by atoms with Gasteiger partial charge in [-0.15, -0.1) is 11.3 Å². The van der Waals surface area contributed by atoms with Crippen molar-refractivity contribution in [3.05, 3.63) is 44.6 Å². The summed E-state index contributed by atoms with van der Waals surface area (Å²) in [4.78, 5) is 23.8. The van der Waals surface area contributed by atoms with Crippen molar-refractivity contribution < 1.29 is 19.1 Å². The minimum absolute atomic E-state index is 0.127. The number of hydrogen-bond acceptors (Lipinski definition) is 5. The second kappa shape index (κ2) is 6.73. The molecule has 0 fully saturated rings. The third-order valence-corrected chi connectivity index (χ3v) is 4.28. The molecule has 2 aromatic rings. The lowest BCUT2D eigenvalue weighted by Crippen LogP contribution is -2.13. The maximum absolute atomic E-state index is 11.9. The molecule has 0 unspecified atom stereocenters. The lowest BCUT2D eigenvalue weighted by atomic mass is 10.2. The zero-order valence-corrected chi connectivity index (χ0v) is 13.5. The molecule has 110 valence electrons. The van der Waals surface area contributed by atoms with Gasteiger partial charge in [0.1, 0.15) is 11.5 Å². The summed E-state index contributed by atoms with van der Waals surface area (Å²) >= 11 is 4.63. The van der Waals surface area contributed by atoms with Gasteiger partial charge in [0.25, 0.3) is 0 Å². The quantitative estimate of drug-likeness (QED) is 0.794. The monoisotopic (exact) mass is 369 g/mol. The number of Topliss-reactive ketones (excluding diaryl/α,β-unsaturated/α-hetero) is 1. The summed E-state index contributed by atoms with van der Waals surface area (Å²) in [6, 6.07) is 8.09. The number of ketones is 1. The Balaban J connectivity index is 2.10. The van der Waals surface area contributed by atoms with E-state index in [1.807, 2.05) is 0 Å². The summed E-state index contributed by atoms with van der Waals surface area (Å²) < 4.78 is 11.4. The highest BCUT2D eigenvalue weighted by molar-refractivity contribution is 9.11. The van der Waals surface area contributed by atoms with E-state index in [4.69, 9.17) is 15.2 Å². The van der Waals surface area contributed by atoms with Crippen LogP contribution in [-0.2, 0) is 0 Å². The summed E-state index contributed by atoms with van der Waals surface area (Å²) in [5.74, 6) is 0.0566. The molecule has 0 saturated carbocycles. The summed E-state index contributed by atoms with van der Waals surface area (Å²) in [6.45, 7) is -0.127.